The molecule has 0 N–H and O–H groups in total. The number of anilines is 2. The van der Waals surface area contributed by atoms with E-state index in [-0.39, 0.29) is 0 Å². The fourth-order valence-electron chi connectivity index (χ4n) is 2.90. The number of fused-ring (bicyclic) bond motifs is 1. The third-order valence-corrected chi connectivity index (χ3v) is 3.92. The number of hydrogen-bond donors (Lipinski definition) is 0. The molecule has 2 aromatic rings. The van der Waals surface area contributed by atoms with E-state index in [2.05, 4.69) is 48.2 Å². The minimum Gasteiger partial charge on any atom is -0.340 e. The Kier molecular flexibility index (Phi) is 3.43. The maximum Gasteiger partial charge on any atom is 0.101 e. The predicted octanol–water partition coefficient (Wildman–Crippen LogP) is 4.34. The highest BCUT2D eigenvalue weighted by molar-refractivity contribution is 5.72. The molecule has 0 bridgehead atoms. The molecule has 0 spiro atoms. The van der Waals surface area contributed by atoms with Crippen LogP contribution in [0.5, 0.6) is 0 Å². The molecule has 20 heavy (non-hydrogen) atoms. The van der Waals surface area contributed by atoms with Gasteiger partial charge in [0.1, 0.15) is 6.07 Å². The lowest BCUT2D eigenvalue weighted by Gasteiger charge is -2.26. The lowest BCUT2D eigenvalue weighted by Crippen LogP contribution is -2.19. The van der Waals surface area contributed by atoms with Crippen molar-refractivity contribution >= 4 is 11.4 Å². The highest BCUT2D eigenvalue weighted by Gasteiger charge is 2.18. The van der Waals surface area contributed by atoms with Gasteiger partial charge in [0.15, 0.2) is 0 Å². The largest absolute Gasteiger partial charge is 0.340 e. The maximum absolute atomic E-state index is 9.38. The van der Waals surface area contributed by atoms with Crippen molar-refractivity contribution in [3.63, 3.8) is 0 Å². The van der Waals surface area contributed by atoms with Gasteiger partial charge in [-0.05, 0) is 55.5 Å². The average Bonchev–Trinajstić information content (AvgIpc) is 2.69. The van der Waals surface area contributed by atoms with Crippen LogP contribution in [0.25, 0.3) is 0 Å². The second kappa shape index (κ2) is 5.38. The average molecular weight is 262 g/mol. The Morgan fingerprint density at radius 3 is 2.75 bits per heavy atom. The second-order valence-electron chi connectivity index (χ2n) is 5.37. The fourth-order valence-corrected chi connectivity index (χ4v) is 2.90. The molecule has 2 nitrogen and oxygen atoms in total. The van der Waals surface area contributed by atoms with Crippen LogP contribution in [-0.2, 0) is 6.42 Å². The summed E-state index contributed by atoms with van der Waals surface area (Å²) in [5.74, 6) is 0. The third kappa shape index (κ3) is 2.28. The Labute approximate surface area is 120 Å². The van der Waals surface area contributed by atoms with Gasteiger partial charge in [0.2, 0.25) is 0 Å². The molecule has 0 fully saturated rings. The van der Waals surface area contributed by atoms with E-state index in [0.29, 0.717) is 0 Å². The van der Waals surface area contributed by atoms with Gasteiger partial charge in [-0.2, -0.15) is 5.26 Å². The van der Waals surface area contributed by atoms with E-state index in [4.69, 9.17) is 0 Å². The Morgan fingerprint density at radius 2 is 1.90 bits per heavy atom. The van der Waals surface area contributed by atoms with Crippen LogP contribution < -0.4 is 4.90 Å². The zero-order chi connectivity index (χ0) is 13.9. The quantitative estimate of drug-likeness (QED) is 0.764. The SMILES string of the molecule is Cc1ccc(C#N)c(N2CCCCc3ccccc32)c1. The molecule has 0 saturated heterocycles. The smallest absolute Gasteiger partial charge is 0.101 e. The summed E-state index contributed by atoms with van der Waals surface area (Å²) in [5, 5.41) is 9.38. The Bertz CT molecular complexity index is 667. The number of rotatable bonds is 1. The molecule has 3 rings (SSSR count). The van der Waals surface area contributed by atoms with Crippen molar-refractivity contribution in [3.8, 4) is 6.07 Å². The normalized spacial score (nSPS) is 14.3. The first-order valence-electron chi connectivity index (χ1n) is 7.16. The first kappa shape index (κ1) is 12.7. The van der Waals surface area contributed by atoms with Gasteiger partial charge in [0.05, 0.1) is 11.3 Å². The van der Waals surface area contributed by atoms with E-state index in [1.807, 2.05) is 12.1 Å². The molecular formula is C18H18N2. The predicted molar refractivity (Wildman–Crippen MR) is 82.3 cm³/mol. The van der Waals surface area contributed by atoms with E-state index in [0.717, 1.165) is 30.6 Å². The Hall–Kier alpha value is -2.27. The molecule has 0 aliphatic carbocycles. The summed E-state index contributed by atoms with van der Waals surface area (Å²) in [7, 11) is 0. The van der Waals surface area contributed by atoms with Crippen LogP contribution in [0.3, 0.4) is 0 Å². The first-order valence-corrected chi connectivity index (χ1v) is 7.16. The summed E-state index contributed by atoms with van der Waals surface area (Å²) >= 11 is 0. The minimum absolute atomic E-state index is 0.757. The van der Waals surface area contributed by atoms with Crippen LogP contribution in [0.1, 0.15) is 29.5 Å². The number of hydrogen-bond acceptors (Lipinski definition) is 2. The summed E-state index contributed by atoms with van der Waals surface area (Å²) in [6.07, 6.45) is 3.50. The zero-order valence-electron chi connectivity index (χ0n) is 11.8. The summed E-state index contributed by atoms with van der Waals surface area (Å²) < 4.78 is 0. The number of nitrogens with zero attached hydrogens (tertiary/aromatic N) is 2. The highest BCUT2D eigenvalue weighted by Crippen LogP contribution is 2.34. The molecular weight excluding hydrogens is 244 g/mol. The van der Waals surface area contributed by atoms with Crippen LogP contribution in [-0.4, -0.2) is 6.54 Å². The van der Waals surface area contributed by atoms with Gasteiger partial charge in [-0.1, -0.05) is 24.3 Å². The number of nitriles is 1. The van der Waals surface area contributed by atoms with Crippen LogP contribution >= 0.6 is 0 Å². The van der Waals surface area contributed by atoms with Crippen LogP contribution in [0.15, 0.2) is 42.5 Å². The zero-order valence-corrected chi connectivity index (χ0v) is 11.8. The molecule has 0 amide bonds. The molecule has 0 saturated carbocycles. The molecule has 1 heterocycles. The first-order chi connectivity index (χ1) is 9.79. The van der Waals surface area contributed by atoms with E-state index >= 15 is 0 Å². The summed E-state index contributed by atoms with van der Waals surface area (Å²) in [5.41, 5.74) is 5.64. The standard InChI is InChI=1S/C18H18N2/c1-14-9-10-16(13-19)18(12-14)20-11-5-4-7-15-6-2-3-8-17(15)20/h2-3,6,8-10,12H,4-5,7,11H2,1H3. The second-order valence-corrected chi connectivity index (χ2v) is 5.37. The van der Waals surface area contributed by atoms with Crippen LogP contribution in [0, 0.1) is 18.3 Å². The minimum atomic E-state index is 0.757. The molecule has 0 radical (unpaired) electrons. The van der Waals surface area contributed by atoms with Crippen LogP contribution in [0.4, 0.5) is 11.4 Å². The van der Waals surface area contributed by atoms with E-state index in [9.17, 15) is 5.26 Å². The molecule has 0 atom stereocenters. The van der Waals surface area contributed by atoms with Crippen molar-refractivity contribution in [2.24, 2.45) is 0 Å². The maximum atomic E-state index is 9.38. The van der Waals surface area contributed by atoms with E-state index in [1.54, 1.807) is 0 Å². The highest BCUT2D eigenvalue weighted by atomic mass is 15.1. The van der Waals surface area contributed by atoms with Gasteiger partial charge in [-0.3, -0.25) is 0 Å². The van der Waals surface area contributed by atoms with Crippen molar-refractivity contribution < 1.29 is 0 Å². The summed E-state index contributed by atoms with van der Waals surface area (Å²) in [4.78, 5) is 2.31. The van der Waals surface area contributed by atoms with Crippen molar-refractivity contribution in [1.82, 2.24) is 0 Å². The lowest BCUT2D eigenvalue weighted by molar-refractivity contribution is 0.761. The Morgan fingerprint density at radius 1 is 1.05 bits per heavy atom. The van der Waals surface area contributed by atoms with Gasteiger partial charge in [-0.15, -0.1) is 0 Å². The monoisotopic (exact) mass is 262 g/mol. The van der Waals surface area contributed by atoms with Gasteiger partial charge >= 0.3 is 0 Å². The fraction of sp³-hybridized carbons (Fsp3) is 0.278. The molecule has 1 aliphatic heterocycles. The number of para-hydroxylation sites is 1. The van der Waals surface area contributed by atoms with Crippen molar-refractivity contribution in [3.05, 3.63) is 59.2 Å². The summed E-state index contributed by atoms with van der Waals surface area (Å²) in [6.45, 7) is 3.06. The van der Waals surface area contributed by atoms with Gasteiger partial charge in [0, 0.05) is 12.2 Å². The molecule has 2 aromatic carbocycles. The molecule has 0 aromatic heterocycles. The van der Waals surface area contributed by atoms with Gasteiger partial charge in [-0.25, -0.2) is 0 Å². The van der Waals surface area contributed by atoms with Crippen molar-refractivity contribution in [1.29, 1.82) is 5.26 Å². The van der Waals surface area contributed by atoms with Crippen molar-refractivity contribution in [2.75, 3.05) is 11.4 Å². The lowest BCUT2D eigenvalue weighted by atomic mass is 10.1. The van der Waals surface area contributed by atoms with Gasteiger partial charge in [0.25, 0.3) is 0 Å². The van der Waals surface area contributed by atoms with E-state index in [1.165, 1.54) is 23.2 Å². The molecule has 2 heteroatoms. The topological polar surface area (TPSA) is 27.0 Å². The van der Waals surface area contributed by atoms with Gasteiger partial charge < -0.3 is 4.90 Å². The number of aryl methyl sites for hydroxylation is 2. The summed E-state index contributed by atoms with van der Waals surface area (Å²) in [6, 6.07) is 16.9. The molecule has 0 unspecified atom stereocenters. The third-order valence-electron chi connectivity index (χ3n) is 3.92. The molecule has 1 aliphatic rings. The number of benzene rings is 2. The van der Waals surface area contributed by atoms with Crippen LogP contribution in [0.2, 0.25) is 0 Å². The van der Waals surface area contributed by atoms with E-state index < -0.39 is 0 Å². The van der Waals surface area contributed by atoms with Crippen molar-refractivity contribution in [2.45, 2.75) is 26.2 Å². The molecule has 100 valence electrons. The Balaban J connectivity index is 2.15.